The molecule has 1 spiro atoms. The average molecular weight is 1030 g/mol. The molecule has 0 radical (unpaired) electrons. The van der Waals surface area contributed by atoms with Crippen molar-refractivity contribution in [2.75, 3.05) is 0 Å². The fraction of sp³-hybridized carbons (Fsp3) is 0.0263. The lowest BCUT2D eigenvalue weighted by Crippen LogP contribution is -2.33. The van der Waals surface area contributed by atoms with E-state index in [9.17, 15) is 0 Å². The summed E-state index contributed by atoms with van der Waals surface area (Å²) in [5.41, 5.74) is 20.6. The lowest BCUT2D eigenvalue weighted by atomic mass is 9.68. The average Bonchev–Trinajstić information content (AvgIpc) is 4.39. The number of hydrogen-bond donors (Lipinski definition) is 0. The van der Waals surface area contributed by atoms with Gasteiger partial charge in [0.25, 0.3) is 0 Å². The zero-order valence-corrected chi connectivity index (χ0v) is 44.2. The molecule has 2 aliphatic carbocycles. The van der Waals surface area contributed by atoms with Crippen LogP contribution in [0.2, 0.25) is 0 Å². The summed E-state index contributed by atoms with van der Waals surface area (Å²) in [6, 6.07) is 102. The second kappa shape index (κ2) is 18.0. The van der Waals surface area contributed by atoms with Crippen LogP contribution in [-0.4, -0.2) is 9.13 Å². The van der Waals surface area contributed by atoms with Crippen LogP contribution in [0.4, 0.5) is 0 Å². The molecule has 13 aromatic rings. The first-order valence-electron chi connectivity index (χ1n) is 27.4. The van der Waals surface area contributed by atoms with Crippen LogP contribution in [0.5, 0.6) is 0 Å². The minimum Gasteiger partial charge on any atom is -0.310 e. The fourth-order valence-corrected chi connectivity index (χ4v) is 17.5. The summed E-state index contributed by atoms with van der Waals surface area (Å²) in [7, 11) is -2.25. The molecule has 0 amide bonds. The smallest absolute Gasteiger partial charge is 0.0614 e. The molecular weight excluding hydrogens is 973 g/mol. The first-order chi connectivity index (χ1) is 39.2. The van der Waals surface area contributed by atoms with Crippen molar-refractivity contribution in [3.05, 3.63) is 314 Å². The standard InChI is InChI=1S/C76H52N2S/c1-7-23-52(24-8-1)57-45-58(53-25-9-2-10-26-53)47-62(46-57)79(60-31-15-5-16-32-60,61-33-17-6-18-34-61)63-50-67(54-27-11-3-12-28-54)74-69(51-63)70-37-22-44-76(70)43-21-36-66-68-48-55(40-42-72(68)78(74)75(66)76)56-39-41-65-64-35-19-20-38-71(64)77(73(65)49-56)59-29-13-4-14-30-59/h1-42,44-51H,43H2. The molecule has 3 aliphatic rings. The molecule has 11 aromatic carbocycles. The zero-order valence-electron chi connectivity index (χ0n) is 43.4. The van der Waals surface area contributed by atoms with Crippen molar-refractivity contribution >= 4 is 54.4 Å². The van der Waals surface area contributed by atoms with E-state index in [-0.39, 0.29) is 5.41 Å². The van der Waals surface area contributed by atoms with E-state index in [2.05, 4.69) is 313 Å². The van der Waals surface area contributed by atoms with Gasteiger partial charge >= 0.3 is 0 Å². The molecule has 0 bridgehead atoms. The Morgan fingerprint density at radius 3 is 1.56 bits per heavy atom. The van der Waals surface area contributed by atoms with E-state index in [1.165, 1.54) is 125 Å². The van der Waals surface area contributed by atoms with Crippen molar-refractivity contribution in [2.24, 2.45) is 0 Å². The number of fused-ring (bicyclic) bond motifs is 9. The molecule has 2 aromatic heterocycles. The van der Waals surface area contributed by atoms with Gasteiger partial charge < -0.3 is 9.13 Å². The van der Waals surface area contributed by atoms with Gasteiger partial charge in [0, 0.05) is 63.8 Å². The third-order valence-corrected chi connectivity index (χ3v) is 20.8. The van der Waals surface area contributed by atoms with Crippen molar-refractivity contribution in [2.45, 2.75) is 31.4 Å². The van der Waals surface area contributed by atoms with Gasteiger partial charge in [-0.1, -0.05) is 212 Å². The Morgan fingerprint density at radius 2 is 0.886 bits per heavy atom. The number of benzene rings is 11. The number of nitrogens with zero attached hydrogens (tertiary/aromatic N) is 2. The van der Waals surface area contributed by atoms with Crippen molar-refractivity contribution < 1.29 is 0 Å². The Bertz CT molecular complexity index is 4550. The number of rotatable bonds is 9. The Labute approximate surface area is 462 Å². The van der Waals surface area contributed by atoms with Gasteiger partial charge in [0.2, 0.25) is 0 Å². The van der Waals surface area contributed by atoms with Crippen LogP contribution in [0, 0.1) is 0 Å². The van der Waals surface area contributed by atoms with Gasteiger partial charge in [-0.05, 0) is 142 Å². The van der Waals surface area contributed by atoms with Crippen LogP contribution in [0.25, 0.3) is 100 Å². The van der Waals surface area contributed by atoms with E-state index in [1.54, 1.807) is 0 Å². The van der Waals surface area contributed by atoms with Gasteiger partial charge in [0.15, 0.2) is 0 Å². The van der Waals surface area contributed by atoms with Crippen molar-refractivity contribution in [3.8, 4) is 55.9 Å². The fourth-order valence-electron chi connectivity index (χ4n) is 13.6. The molecule has 1 aliphatic heterocycles. The molecule has 0 N–H and O–H groups in total. The molecule has 372 valence electrons. The second-order valence-electron chi connectivity index (χ2n) is 21.2. The first-order valence-corrected chi connectivity index (χ1v) is 29.1. The number of para-hydroxylation sites is 2. The predicted molar refractivity (Wildman–Crippen MR) is 332 cm³/mol. The highest BCUT2D eigenvalue weighted by Crippen LogP contribution is 2.75. The third-order valence-electron chi connectivity index (χ3n) is 17.0. The Balaban J connectivity index is 0.982. The molecule has 3 heterocycles. The predicted octanol–water partition coefficient (Wildman–Crippen LogP) is 20.4. The normalized spacial score (nSPS) is 15.3. The third kappa shape index (κ3) is 6.86. The molecule has 79 heavy (non-hydrogen) atoms. The van der Waals surface area contributed by atoms with Gasteiger partial charge in [-0.25, -0.2) is 0 Å². The summed E-state index contributed by atoms with van der Waals surface area (Å²) in [5.74, 6) is 0. The van der Waals surface area contributed by atoms with Crippen molar-refractivity contribution in [3.63, 3.8) is 0 Å². The maximum absolute atomic E-state index is 2.68. The van der Waals surface area contributed by atoms with E-state index in [4.69, 9.17) is 0 Å². The summed E-state index contributed by atoms with van der Waals surface area (Å²) in [5, 5.41) is 3.78. The van der Waals surface area contributed by atoms with E-state index in [0.717, 1.165) is 12.1 Å². The Morgan fingerprint density at radius 1 is 0.354 bits per heavy atom. The summed E-state index contributed by atoms with van der Waals surface area (Å²) < 4.78 is 5.10. The molecule has 1 atom stereocenters. The first kappa shape index (κ1) is 45.5. The molecule has 0 fully saturated rings. The van der Waals surface area contributed by atoms with Gasteiger partial charge in [-0.3, -0.25) is 0 Å². The topological polar surface area (TPSA) is 9.86 Å². The molecule has 3 heteroatoms. The summed E-state index contributed by atoms with van der Waals surface area (Å²) in [6.45, 7) is 0. The minimum atomic E-state index is -2.25. The molecule has 0 saturated carbocycles. The lowest BCUT2D eigenvalue weighted by Gasteiger charge is -2.45. The Kier molecular flexibility index (Phi) is 10.3. The molecule has 2 nitrogen and oxygen atoms in total. The van der Waals surface area contributed by atoms with Crippen molar-refractivity contribution in [1.82, 2.24) is 9.13 Å². The Hall–Kier alpha value is -9.67. The zero-order chi connectivity index (χ0) is 52.1. The number of aromatic nitrogens is 2. The van der Waals surface area contributed by atoms with Crippen LogP contribution in [0.15, 0.2) is 317 Å². The lowest BCUT2D eigenvalue weighted by molar-refractivity contribution is 0.648. The number of hydrogen-bond acceptors (Lipinski definition) is 0. The minimum absolute atomic E-state index is 0.358. The highest BCUT2D eigenvalue weighted by Gasteiger charge is 2.48. The summed E-state index contributed by atoms with van der Waals surface area (Å²) in [4.78, 5) is 5.17. The number of allylic oxidation sites excluding steroid dienone is 5. The van der Waals surface area contributed by atoms with Gasteiger partial charge in [0.05, 0.1) is 27.7 Å². The van der Waals surface area contributed by atoms with E-state index >= 15 is 0 Å². The van der Waals surface area contributed by atoms with Crippen LogP contribution in [0.1, 0.15) is 23.2 Å². The molecular formula is C76H52N2S. The quantitative estimate of drug-likeness (QED) is 0.136. The maximum atomic E-state index is 2.68. The molecule has 1 unspecified atom stereocenters. The van der Waals surface area contributed by atoms with Crippen molar-refractivity contribution in [1.29, 1.82) is 0 Å². The van der Waals surface area contributed by atoms with E-state index in [1.807, 2.05) is 0 Å². The van der Waals surface area contributed by atoms with E-state index in [0.29, 0.717) is 0 Å². The molecule has 16 rings (SSSR count). The van der Waals surface area contributed by atoms with Gasteiger partial charge in [-0.2, -0.15) is 0 Å². The maximum Gasteiger partial charge on any atom is 0.0614 e. The van der Waals surface area contributed by atoms with E-state index < -0.39 is 10.0 Å². The largest absolute Gasteiger partial charge is 0.310 e. The highest BCUT2D eigenvalue weighted by atomic mass is 32.3. The van der Waals surface area contributed by atoms with Gasteiger partial charge in [0.1, 0.15) is 0 Å². The van der Waals surface area contributed by atoms with Crippen LogP contribution in [-0.2, 0) is 5.41 Å². The summed E-state index contributed by atoms with van der Waals surface area (Å²) in [6.07, 6.45) is 13.0. The van der Waals surface area contributed by atoms with Gasteiger partial charge in [-0.15, -0.1) is 10.0 Å². The second-order valence-corrected chi connectivity index (χ2v) is 24.3. The van der Waals surface area contributed by atoms with Crippen LogP contribution >= 0.6 is 10.0 Å². The van der Waals surface area contributed by atoms with Crippen LogP contribution < -0.4 is 0 Å². The van der Waals surface area contributed by atoms with Crippen LogP contribution in [0.3, 0.4) is 0 Å². The highest BCUT2D eigenvalue weighted by molar-refractivity contribution is 8.34. The summed E-state index contributed by atoms with van der Waals surface area (Å²) >= 11 is 0. The monoisotopic (exact) mass is 1020 g/mol. The molecule has 0 saturated heterocycles. The SMILES string of the molecule is C1=CC23CC=Cc4c2n(c2ccc(-c5ccc6c7ccccc7n(-c7ccccc7)c6c5)cc42)-c2c(cc(S(c4ccccc4)(c4ccccc4)c4cc(-c5ccccc5)cc(-c5ccccc5)c4)cc2-c2ccccc2)C3=C1.